The van der Waals surface area contributed by atoms with E-state index in [1.54, 1.807) is 0 Å². The van der Waals surface area contributed by atoms with Crippen molar-refractivity contribution in [3.05, 3.63) is 12.7 Å². The van der Waals surface area contributed by atoms with Gasteiger partial charge in [0, 0.05) is 12.6 Å². The van der Waals surface area contributed by atoms with Crippen LogP contribution in [0.3, 0.4) is 0 Å². The molecule has 0 aromatic heterocycles. The van der Waals surface area contributed by atoms with E-state index in [0.717, 1.165) is 25.9 Å². The Bertz CT molecular complexity index is 91.6. The normalized spacial score (nSPS) is 12.9. The minimum atomic E-state index is 0.389. The van der Waals surface area contributed by atoms with Gasteiger partial charge in [0.1, 0.15) is 0 Å². The first kappa shape index (κ1) is 10.7. The maximum absolute atomic E-state index is 5.74. The summed E-state index contributed by atoms with van der Waals surface area (Å²) in [7, 11) is 0. The van der Waals surface area contributed by atoms with Crippen LogP contribution in [-0.4, -0.2) is 19.1 Å². The average Bonchev–Trinajstić information content (AvgIpc) is 2.04. The SMILES string of the molecule is C=CCNCCCC(N)CC. The number of hydrogen-bond acceptors (Lipinski definition) is 2. The second-order valence-corrected chi connectivity index (χ2v) is 2.80. The van der Waals surface area contributed by atoms with Gasteiger partial charge in [0.25, 0.3) is 0 Å². The Kier molecular flexibility index (Phi) is 7.52. The van der Waals surface area contributed by atoms with Crippen molar-refractivity contribution in [3.63, 3.8) is 0 Å². The second kappa shape index (κ2) is 7.76. The maximum atomic E-state index is 5.74. The molecule has 0 aliphatic carbocycles. The van der Waals surface area contributed by atoms with Gasteiger partial charge in [-0.3, -0.25) is 0 Å². The lowest BCUT2D eigenvalue weighted by atomic mass is 10.1. The van der Waals surface area contributed by atoms with Crippen LogP contribution in [0.4, 0.5) is 0 Å². The molecule has 0 saturated heterocycles. The van der Waals surface area contributed by atoms with Crippen LogP contribution < -0.4 is 11.1 Å². The van der Waals surface area contributed by atoms with E-state index in [0.29, 0.717) is 6.04 Å². The molecule has 0 aromatic carbocycles. The van der Waals surface area contributed by atoms with E-state index in [4.69, 9.17) is 5.73 Å². The molecule has 0 aliphatic rings. The van der Waals surface area contributed by atoms with Crippen LogP contribution in [0.15, 0.2) is 12.7 Å². The fraction of sp³-hybridized carbons (Fsp3) is 0.778. The Labute approximate surface area is 69.9 Å². The van der Waals surface area contributed by atoms with Crippen molar-refractivity contribution in [1.82, 2.24) is 5.32 Å². The molecule has 0 aromatic rings. The lowest BCUT2D eigenvalue weighted by Crippen LogP contribution is -2.22. The number of nitrogens with one attached hydrogen (secondary N) is 1. The summed E-state index contributed by atoms with van der Waals surface area (Å²) in [5.41, 5.74) is 5.74. The van der Waals surface area contributed by atoms with Crippen LogP contribution in [0.25, 0.3) is 0 Å². The molecule has 2 nitrogen and oxygen atoms in total. The molecule has 1 unspecified atom stereocenters. The van der Waals surface area contributed by atoms with Crippen LogP contribution in [0.2, 0.25) is 0 Å². The van der Waals surface area contributed by atoms with Gasteiger partial charge >= 0.3 is 0 Å². The van der Waals surface area contributed by atoms with Gasteiger partial charge in [-0.1, -0.05) is 13.0 Å². The van der Waals surface area contributed by atoms with Gasteiger partial charge in [-0.25, -0.2) is 0 Å². The van der Waals surface area contributed by atoms with Gasteiger partial charge < -0.3 is 11.1 Å². The molecular formula is C9H20N2. The first-order chi connectivity index (χ1) is 5.31. The summed E-state index contributed by atoms with van der Waals surface area (Å²) in [5.74, 6) is 0. The van der Waals surface area contributed by atoms with Crippen molar-refractivity contribution in [1.29, 1.82) is 0 Å². The molecule has 11 heavy (non-hydrogen) atoms. The first-order valence-electron chi connectivity index (χ1n) is 4.38. The Morgan fingerprint density at radius 1 is 1.64 bits per heavy atom. The van der Waals surface area contributed by atoms with Gasteiger partial charge in [-0.15, -0.1) is 6.58 Å². The Hall–Kier alpha value is -0.340. The summed E-state index contributed by atoms with van der Waals surface area (Å²) < 4.78 is 0. The minimum absolute atomic E-state index is 0.389. The topological polar surface area (TPSA) is 38.0 Å². The van der Waals surface area contributed by atoms with E-state index in [1.807, 2.05) is 6.08 Å². The van der Waals surface area contributed by atoms with Crippen LogP contribution >= 0.6 is 0 Å². The molecule has 0 rings (SSSR count). The molecule has 2 heteroatoms. The highest BCUT2D eigenvalue weighted by molar-refractivity contribution is 4.69. The molecule has 0 spiro atoms. The molecule has 66 valence electrons. The van der Waals surface area contributed by atoms with Crippen molar-refractivity contribution < 1.29 is 0 Å². The summed E-state index contributed by atoms with van der Waals surface area (Å²) in [4.78, 5) is 0. The third-order valence-corrected chi connectivity index (χ3v) is 1.74. The molecule has 1 atom stereocenters. The molecule has 0 bridgehead atoms. The van der Waals surface area contributed by atoms with Crippen molar-refractivity contribution in [2.75, 3.05) is 13.1 Å². The summed E-state index contributed by atoms with van der Waals surface area (Å²) in [6, 6.07) is 0.389. The number of hydrogen-bond donors (Lipinski definition) is 2. The van der Waals surface area contributed by atoms with Crippen LogP contribution in [0.1, 0.15) is 26.2 Å². The summed E-state index contributed by atoms with van der Waals surface area (Å²) in [6.45, 7) is 7.71. The zero-order chi connectivity index (χ0) is 8.53. The smallest absolute Gasteiger partial charge is 0.0132 e. The highest BCUT2D eigenvalue weighted by atomic mass is 14.8. The standard InChI is InChI=1S/C9H20N2/c1-3-7-11-8-5-6-9(10)4-2/h3,9,11H,1,4-8,10H2,2H3. The van der Waals surface area contributed by atoms with Crippen LogP contribution in [0.5, 0.6) is 0 Å². The Morgan fingerprint density at radius 3 is 2.91 bits per heavy atom. The quantitative estimate of drug-likeness (QED) is 0.430. The lowest BCUT2D eigenvalue weighted by molar-refractivity contribution is 0.549. The van der Waals surface area contributed by atoms with E-state index in [9.17, 15) is 0 Å². The molecule has 3 N–H and O–H groups in total. The van der Waals surface area contributed by atoms with E-state index in [1.165, 1.54) is 6.42 Å². The second-order valence-electron chi connectivity index (χ2n) is 2.80. The summed E-state index contributed by atoms with van der Waals surface area (Å²) in [5, 5.41) is 3.24. The summed E-state index contributed by atoms with van der Waals surface area (Å²) in [6.07, 6.45) is 5.25. The molecule has 0 aliphatic heterocycles. The van der Waals surface area contributed by atoms with E-state index < -0.39 is 0 Å². The molecule has 0 heterocycles. The van der Waals surface area contributed by atoms with Crippen LogP contribution in [-0.2, 0) is 0 Å². The van der Waals surface area contributed by atoms with E-state index in [2.05, 4.69) is 18.8 Å². The molecular weight excluding hydrogens is 136 g/mol. The van der Waals surface area contributed by atoms with Crippen molar-refractivity contribution >= 4 is 0 Å². The molecule has 0 fully saturated rings. The zero-order valence-corrected chi connectivity index (χ0v) is 7.47. The van der Waals surface area contributed by atoms with Crippen molar-refractivity contribution in [3.8, 4) is 0 Å². The van der Waals surface area contributed by atoms with E-state index >= 15 is 0 Å². The van der Waals surface area contributed by atoms with Gasteiger partial charge in [-0.05, 0) is 25.8 Å². The van der Waals surface area contributed by atoms with Gasteiger partial charge in [0.15, 0.2) is 0 Å². The largest absolute Gasteiger partial charge is 0.328 e. The fourth-order valence-electron chi connectivity index (χ4n) is 0.897. The molecule has 0 amide bonds. The third kappa shape index (κ3) is 7.56. The number of nitrogens with two attached hydrogens (primary N) is 1. The van der Waals surface area contributed by atoms with Crippen molar-refractivity contribution in [2.45, 2.75) is 32.2 Å². The lowest BCUT2D eigenvalue weighted by Gasteiger charge is -2.07. The predicted octanol–water partition coefficient (Wildman–Crippen LogP) is 1.28. The third-order valence-electron chi connectivity index (χ3n) is 1.74. The van der Waals surface area contributed by atoms with Gasteiger partial charge in [-0.2, -0.15) is 0 Å². The number of rotatable bonds is 7. The minimum Gasteiger partial charge on any atom is -0.328 e. The molecule has 0 saturated carbocycles. The Morgan fingerprint density at radius 2 is 2.36 bits per heavy atom. The van der Waals surface area contributed by atoms with Gasteiger partial charge in [0.2, 0.25) is 0 Å². The fourth-order valence-corrected chi connectivity index (χ4v) is 0.897. The average molecular weight is 156 g/mol. The maximum Gasteiger partial charge on any atom is 0.0132 e. The predicted molar refractivity (Wildman–Crippen MR) is 50.6 cm³/mol. The molecule has 0 radical (unpaired) electrons. The van der Waals surface area contributed by atoms with Crippen LogP contribution in [0, 0.1) is 0 Å². The monoisotopic (exact) mass is 156 g/mol. The van der Waals surface area contributed by atoms with Crippen molar-refractivity contribution in [2.24, 2.45) is 5.73 Å². The Balaban J connectivity index is 2.95. The first-order valence-corrected chi connectivity index (χ1v) is 4.38. The van der Waals surface area contributed by atoms with E-state index in [-0.39, 0.29) is 0 Å². The zero-order valence-electron chi connectivity index (χ0n) is 7.47. The highest BCUT2D eigenvalue weighted by Gasteiger charge is 1.96. The van der Waals surface area contributed by atoms with Gasteiger partial charge in [0.05, 0.1) is 0 Å². The summed E-state index contributed by atoms with van der Waals surface area (Å²) >= 11 is 0. The highest BCUT2D eigenvalue weighted by Crippen LogP contribution is 1.96.